The molecule has 0 saturated heterocycles. The number of primary amides is 1. The second-order valence-corrected chi connectivity index (χ2v) is 8.64. The Morgan fingerprint density at radius 2 is 1.77 bits per heavy atom. The molecule has 1 saturated carbocycles. The highest BCUT2D eigenvalue weighted by molar-refractivity contribution is 6.24. The molecule has 4 rings (SSSR count). The number of fused-ring (bicyclic) bond motifs is 3. The Balaban J connectivity index is 2.05. The van der Waals surface area contributed by atoms with Crippen molar-refractivity contribution in [3.8, 4) is 0 Å². The number of nitrogens with two attached hydrogens (primary N) is 1. The smallest absolute Gasteiger partial charge is 0.255 e. The van der Waals surface area contributed by atoms with E-state index in [0.717, 1.165) is 0 Å². The van der Waals surface area contributed by atoms with Crippen molar-refractivity contribution in [2.24, 2.45) is 17.6 Å². The Hall–Kier alpha value is -3.01. The van der Waals surface area contributed by atoms with Gasteiger partial charge in [0.2, 0.25) is 5.78 Å². The van der Waals surface area contributed by atoms with Gasteiger partial charge in [-0.2, -0.15) is 0 Å². The van der Waals surface area contributed by atoms with Gasteiger partial charge in [0, 0.05) is 17.1 Å². The van der Waals surface area contributed by atoms with Gasteiger partial charge >= 0.3 is 0 Å². The second kappa shape index (κ2) is 6.74. The molecule has 0 heterocycles. The van der Waals surface area contributed by atoms with E-state index in [2.05, 4.69) is 0 Å². The molecule has 0 aliphatic heterocycles. The fraction of sp³-hybridized carbons (Fsp3) is 0.409. The van der Waals surface area contributed by atoms with Crippen LogP contribution in [0.4, 0.5) is 0 Å². The van der Waals surface area contributed by atoms with E-state index in [0.29, 0.717) is 11.1 Å². The molecule has 0 spiro atoms. The summed E-state index contributed by atoms with van der Waals surface area (Å²) in [5, 5.41) is 44.6. The molecule has 3 aliphatic rings. The molecule has 5 unspecified atom stereocenters. The van der Waals surface area contributed by atoms with Crippen LogP contribution >= 0.6 is 0 Å². The van der Waals surface area contributed by atoms with Crippen LogP contribution < -0.4 is 5.73 Å². The maximum atomic E-state index is 13.6. The van der Waals surface area contributed by atoms with Gasteiger partial charge in [0.1, 0.15) is 17.1 Å². The predicted octanol–water partition coefficient (Wildman–Crippen LogP) is -0.210. The first-order chi connectivity index (χ1) is 14.5. The van der Waals surface area contributed by atoms with E-state index in [1.54, 1.807) is 31.2 Å². The largest absolute Gasteiger partial charge is 0.508 e. The molecule has 0 aromatic heterocycles. The first-order valence-electron chi connectivity index (χ1n) is 9.88. The number of aliphatic hydroxyl groups excluding tert-OH is 3. The fourth-order valence-electron chi connectivity index (χ4n) is 5.50. The lowest BCUT2D eigenvalue weighted by molar-refractivity contribution is -0.169. The predicted molar refractivity (Wildman–Crippen MR) is 109 cm³/mol. The third-order valence-corrected chi connectivity index (χ3v) is 6.90. The van der Waals surface area contributed by atoms with Gasteiger partial charge in [0.15, 0.2) is 11.4 Å². The maximum absolute atomic E-state index is 13.6. The molecule has 1 aromatic rings. The molecular formula is C22H24N2O7. The van der Waals surface area contributed by atoms with E-state index in [1.807, 2.05) is 0 Å². The van der Waals surface area contributed by atoms with E-state index in [9.17, 15) is 34.8 Å². The normalized spacial score (nSPS) is 35.1. The number of carbonyl (C=O) groups is 3. The summed E-state index contributed by atoms with van der Waals surface area (Å²) >= 11 is 0. The van der Waals surface area contributed by atoms with Gasteiger partial charge in [-0.05, 0) is 25.6 Å². The minimum absolute atomic E-state index is 0.250. The quantitative estimate of drug-likeness (QED) is 0.404. The van der Waals surface area contributed by atoms with Crippen LogP contribution in [0.2, 0.25) is 0 Å². The van der Waals surface area contributed by atoms with Crippen LogP contribution in [0.25, 0.3) is 5.76 Å². The van der Waals surface area contributed by atoms with Crippen molar-refractivity contribution < 1.29 is 34.8 Å². The number of likely N-dealkylation sites (N-methyl/N-ethyl adjacent to an activating group) is 1. The Morgan fingerprint density at radius 3 is 2.35 bits per heavy atom. The number of Topliss-reactive ketones (excluding diaryl/α,β-unsaturated/α-hetero) is 2. The molecule has 1 amide bonds. The molecule has 0 bridgehead atoms. The highest BCUT2D eigenvalue weighted by Gasteiger charge is 2.68. The molecular weight excluding hydrogens is 404 g/mol. The number of hydrogen-bond donors (Lipinski definition) is 5. The van der Waals surface area contributed by atoms with Crippen molar-refractivity contribution in [3.05, 3.63) is 52.3 Å². The lowest BCUT2D eigenvalue weighted by atomic mass is 9.54. The number of carbonyl (C=O) groups excluding carboxylic acids is 3. The van der Waals surface area contributed by atoms with Crippen LogP contribution in [0.3, 0.4) is 0 Å². The summed E-state index contributed by atoms with van der Waals surface area (Å²) in [6.45, 7) is 1.77. The van der Waals surface area contributed by atoms with Crippen molar-refractivity contribution >= 4 is 23.2 Å². The zero-order valence-corrected chi connectivity index (χ0v) is 17.2. The SMILES string of the molecule is CC1c2ccccc2C(O)=C2C(=O)[C@]3(O)C(O)=C(C(N)=O)C(=O)C(N(C)C)C3C(O)C21. The van der Waals surface area contributed by atoms with Crippen LogP contribution in [0.15, 0.2) is 41.2 Å². The van der Waals surface area contributed by atoms with E-state index >= 15 is 0 Å². The molecule has 31 heavy (non-hydrogen) atoms. The molecule has 9 nitrogen and oxygen atoms in total. The maximum Gasteiger partial charge on any atom is 0.255 e. The number of rotatable bonds is 2. The highest BCUT2D eigenvalue weighted by atomic mass is 16.4. The van der Waals surface area contributed by atoms with Crippen LogP contribution in [0, 0.1) is 11.8 Å². The topological polar surface area (TPSA) is 161 Å². The number of aliphatic hydroxyl groups is 4. The van der Waals surface area contributed by atoms with Crippen molar-refractivity contribution in [2.45, 2.75) is 30.6 Å². The first-order valence-corrected chi connectivity index (χ1v) is 9.88. The van der Waals surface area contributed by atoms with Gasteiger partial charge in [0.05, 0.1) is 18.1 Å². The lowest BCUT2D eigenvalue weighted by Crippen LogP contribution is -2.70. The summed E-state index contributed by atoms with van der Waals surface area (Å²) in [6, 6.07) is 5.51. The second-order valence-electron chi connectivity index (χ2n) is 8.64. The van der Waals surface area contributed by atoms with E-state index in [1.165, 1.54) is 19.0 Å². The fourth-order valence-corrected chi connectivity index (χ4v) is 5.50. The zero-order chi connectivity index (χ0) is 23.0. The average molecular weight is 428 g/mol. The molecule has 1 aromatic carbocycles. The number of nitrogens with zero attached hydrogens (tertiary/aromatic N) is 1. The highest BCUT2D eigenvalue weighted by Crippen LogP contribution is 2.54. The average Bonchev–Trinajstić information content (AvgIpc) is 2.70. The van der Waals surface area contributed by atoms with Crippen molar-refractivity contribution in [2.75, 3.05) is 14.1 Å². The summed E-state index contributed by atoms with van der Waals surface area (Å²) in [6.07, 6.45) is -1.50. The molecule has 9 heteroatoms. The van der Waals surface area contributed by atoms with Crippen LogP contribution in [-0.4, -0.2) is 74.6 Å². The number of ketones is 2. The first kappa shape index (κ1) is 21.2. The summed E-state index contributed by atoms with van der Waals surface area (Å²) in [5.41, 5.74) is 2.40. The van der Waals surface area contributed by atoms with Gasteiger partial charge in [0.25, 0.3) is 5.91 Å². The third kappa shape index (κ3) is 2.51. The van der Waals surface area contributed by atoms with Gasteiger partial charge in [-0.1, -0.05) is 31.2 Å². The minimum Gasteiger partial charge on any atom is -0.508 e. The van der Waals surface area contributed by atoms with Crippen molar-refractivity contribution in [1.29, 1.82) is 0 Å². The number of amides is 1. The molecule has 6 atom stereocenters. The van der Waals surface area contributed by atoms with E-state index < -0.39 is 70.1 Å². The summed E-state index contributed by atoms with van der Waals surface area (Å²) < 4.78 is 0. The molecule has 0 radical (unpaired) electrons. The van der Waals surface area contributed by atoms with Crippen LogP contribution in [0.1, 0.15) is 24.0 Å². The Labute approximate surface area is 178 Å². The summed E-state index contributed by atoms with van der Waals surface area (Å²) in [4.78, 5) is 39.9. The Morgan fingerprint density at radius 1 is 1.16 bits per heavy atom. The standard InChI is InChI=1S/C22H24N2O7/c1-8-9-6-4-5-7-10(9)16(25)12-11(8)17(26)14-15(24(2)3)18(27)13(21(23)30)20(29)22(14,31)19(12)28/h4-8,11,14-15,17,25-26,29,31H,1-3H3,(H2,23,30)/t8?,11?,14?,15?,17?,22-/m0/s1. The Kier molecular flexibility index (Phi) is 4.62. The Bertz CT molecular complexity index is 1090. The van der Waals surface area contributed by atoms with Crippen LogP contribution in [0.5, 0.6) is 0 Å². The molecule has 164 valence electrons. The van der Waals surface area contributed by atoms with Crippen molar-refractivity contribution in [1.82, 2.24) is 4.90 Å². The van der Waals surface area contributed by atoms with Gasteiger partial charge < -0.3 is 26.2 Å². The van der Waals surface area contributed by atoms with Gasteiger partial charge in [-0.15, -0.1) is 0 Å². The monoisotopic (exact) mass is 428 g/mol. The summed E-state index contributed by atoms with van der Waals surface area (Å²) in [7, 11) is 2.98. The molecule has 3 aliphatic carbocycles. The van der Waals surface area contributed by atoms with E-state index in [4.69, 9.17) is 5.73 Å². The third-order valence-electron chi connectivity index (χ3n) is 6.90. The van der Waals surface area contributed by atoms with Crippen LogP contribution in [-0.2, 0) is 14.4 Å². The minimum atomic E-state index is -2.81. The van der Waals surface area contributed by atoms with Crippen molar-refractivity contribution in [3.63, 3.8) is 0 Å². The summed E-state index contributed by atoms with van der Waals surface area (Å²) in [5.74, 6) is -7.73. The van der Waals surface area contributed by atoms with E-state index in [-0.39, 0.29) is 5.57 Å². The lowest BCUT2D eigenvalue weighted by Gasteiger charge is -2.53. The number of hydrogen-bond acceptors (Lipinski definition) is 8. The zero-order valence-electron chi connectivity index (χ0n) is 17.2. The molecule has 6 N–H and O–H groups in total. The van der Waals surface area contributed by atoms with Gasteiger partial charge in [-0.3, -0.25) is 19.3 Å². The number of benzene rings is 1. The molecule has 1 fully saturated rings. The van der Waals surface area contributed by atoms with Gasteiger partial charge in [-0.25, -0.2) is 0 Å².